The molecule has 0 amide bonds. The summed E-state index contributed by atoms with van der Waals surface area (Å²) >= 11 is 5.60. The highest BCUT2D eigenvalue weighted by atomic mass is 35.5. The van der Waals surface area contributed by atoms with Gasteiger partial charge in [0.15, 0.2) is 5.78 Å². The Labute approximate surface area is 121 Å². The number of carbonyl (C=O) groups excluding carboxylic acids is 1. The molecule has 0 unspecified atom stereocenters. The van der Waals surface area contributed by atoms with Gasteiger partial charge in [-0.05, 0) is 29.8 Å². The first-order chi connectivity index (χ1) is 9.51. The van der Waals surface area contributed by atoms with Crippen molar-refractivity contribution < 1.29 is 13.9 Å². The molecule has 0 radical (unpaired) electrons. The predicted octanol–water partition coefficient (Wildman–Crippen LogP) is 3.50. The number of nitrogens with two attached hydrogens (primary N) is 1. The van der Waals surface area contributed by atoms with E-state index in [-0.39, 0.29) is 17.2 Å². The summed E-state index contributed by atoms with van der Waals surface area (Å²) in [5.74, 6) is -0.150. The second-order valence-electron chi connectivity index (χ2n) is 4.30. The Morgan fingerprint density at radius 3 is 2.65 bits per heavy atom. The highest BCUT2D eigenvalue weighted by Gasteiger charge is 2.12. The third kappa shape index (κ3) is 3.08. The molecule has 2 rings (SSSR count). The van der Waals surface area contributed by atoms with Crippen molar-refractivity contribution in [1.29, 1.82) is 0 Å². The fourth-order valence-corrected chi connectivity index (χ4v) is 1.97. The maximum absolute atomic E-state index is 13.3. The first-order valence-corrected chi connectivity index (χ1v) is 6.29. The minimum Gasteiger partial charge on any atom is -0.497 e. The molecular weight excluding hydrogens is 281 g/mol. The Kier molecular flexibility index (Phi) is 4.25. The van der Waals surface area contributed by atoms with Crippen LogP contribution in [0.1, 0.15) is 15.9 Å². The lowest BCUT2D eigenvalue weighted by Gasteiger charge is -2.07. The number of benzene rings is 2. The lowest BCUT2D eigenvalue weighted by Crippen LogP contribution is -2.07. The van der Waals surface area contributed by atoms with E-state index in [1.165, 1.54) is 19.2 Å². The molecule has 2 aromatic carbocycles. The van der Waals surface area contributed by atoms with Gasteiger partial charge in [-0.3, -0.25) is 4.79 Å². The summed E-state index contributed by atoms with van der Waals surface area (Å²) < 4.78 is 18.3. The van der Waals surface area contributed by atoms with Crippen LogP contribution < -0.4 is 10.5 Å². The summed E-state index contributed by atoms with van der Waals surface area (Å²) in [7, 11) is 1.52. The van der Waals surface area contributed by atoms with Crippen molar-refractivity contribution in [3.05, 3.63) is 58.4 Å². The fraction of sp³-hybridized carbons (Fsp3) is 0.133. The van der Waals surface area contributed by atoms with E-state index in [0.29, 0.717) is 22.6 Å². The van der Waals surface area contributed by atoms with Gasteiger partial charge in [0.05, 0.1) is 12.1 Å². The average molecular weight is 294 g/mol. The molecule has 2 N–H and O–H groups in total. The van der Waals surface area contributed by atoms with Gasteiger partial charge >= 0.3 is 0 Å². The van der Waals surface area contributed by atoms with E-state index in [4.69, 9.17) is 22.1 Å². The number of hydrogen-bond donors (Lipinski definition) is 1. The van der Waals surface area contributed by atoms with Gasteiger partial charge in [0.2, 0.25) is 0 Å². The minimum atomic E-state index is -0.542. The maximum atomic E-state index is 13.3. The van der Waals surface area contributed by atoms with Crippen molar-refractivity contribution >= 4 is 23.1 Å². The van der Waals surface area contributed by atoms with E-state index in [1.54, 1.807) is 24.3 Å². The quantitative estimate of drug-likeness (QED) is 0.693. The SMILES string of the molecule is COc1ccc(C(=O)Cc2ccc(Cl)c(F)c2)c(N)c1. The molecule has 3 nitrogen and oxygen atoms in total. The van der Waals surface area contributed by atoms with Crippen LogP contribution in [-0.4, -0.2) is 12.9 Å². The van der Waals surface area contributed by atoms with Gasteiger partial charge in [-0.15, -0.1) is 0 Å². The molecule has 0 fully saturated rings. The number of methoxy groups -OCH3 is 1. The Bertz CT molecular complexity index is 658. The zero-order valence-electron chi connectivity index (χ0n) is 10.8. The summed E-state index contributed by atoms with van der Waals surface area (Å²) in [5, 5.41) is 0.0326. The average Bonchev–Trinajstić information content (AvgIpc) is 2.42. The highest BCUT2D eigenvalue weighted by Crippen LogP contribution is 2.22. The largest absolute Gasteiger partial charge is 0.497 e. The van der Waals surface area contributed by atoms with Gasteiger partial charge < -0.3 is 10.5 Å². The van der Waals surface area contributed by atoms with E-state index in [9.17, 15) is 9.18 Å². The fourth-order valence-electron chi connectivity index (χ4n) is 1.85. The second kappa shape index (κ2) is 5.92. The molecule has 20 heavy (non-hydrogen) atoms. The van der Waals surface area contributed by atoms with E-state index in [2.05, 4.69) is 0 Å². The van der Waals surface area contributed by atoms with E-state index in [0.717, 1.165) is 0 Å². The molecule has 0 saturated carbocycles. The lowest BCUT2D eigenvalue weighted by molar-refractivity contribution is 0.0994. The molecule has 0 bridgehead atoms. The smallest absolute Gasteiger partial charge is 0.169 e. The first-order valence-electron chi connectivity index (χ1n) is 5.92. The van der Waals surface area contributed by atoms with Crippen LogP contribution in [0.4, 0.5) is 10.1 Å². The molecule has 0 aliphatic rings. The zero-order chi connectivity index (χ0) is 14.7. The number of anilines is 1. The topological polar surface area (TPSA) is 52.3 Å². The molecule has 104 valence electrons. The van der Waals surface area contributed by atoms with Crippen LogP contribution in [0.2, 0.25) is 5.02 Å². The van der Waals surface area contributed by atoms with Gasteiger partial charge in [0.1, 0.15) is 11.6 Å². The Morgan fingerprint density at radius 1 is 1.30 bits per heavy atom. The van der Waals surface area contributed by atoms with E-state index >= 15 is 0 Å². The molecule has 2 aromatic rings. The summed E-state index contributed by atoms with van der Waals surface area (Å²) in [6, 6.07) is 9.13. The van der Waals surface area contributed by atoms with Gasteiger partial charge in [-0.2, -0.15) is 0 Å². The zero-order valence-corrected chi connectivity index (χ0v) is 11.6. The number of Topliss-reactive ketones (excluding diaryl/α,β-unsaturated/α-hetero) is 1. The van der Waals surface area contributed by atoms with Gasteiger partial charge in [0, 0.05) is 23.7 Å². The monoisotopic (exact) mass is 293 g/mol. The summed E-state index contributed by atoms with van der Waals surface area (Å²) in [6.45, 7) is 0. The number of halogens is 2. The molecule has 0 aromatic heterocycles. The highest BCUT2D eigenvalue weighted by molar-refractivity contribution is 6.30. The third-order valence-electron chi connectivity index (χ3n) is 2.91. The van der Waals surface area contributed by atoms with Crippen molar-refractivity contribution in [3.8, 4) is 5.75 Å². The van der Waals surface area contributed by atoms with Crippen LogP contribution >= 0.6 is 11.6 Å². The van der Waals surface area contributed by atoms with Crippen LogP contribution in [0.25, 0.3) is 0 Å². The predicted molar refractivity (Wildman–Crippen MR) is 76.9 cm³/mol. The van der Waals surface area contributed by atoms with Crippen molar-refractivity contribution in [1.82, 2.24) is 0 Å². The van der Waals surface area contributed by atoms with Gasteiger partial charge in [-0.25, -0.2) is 4.39 Å². The minimum absolute atomic E-state index is 0.0326. The van der Waals surface area contributed by atoms with Crippen LogP contribution in [0.3, 0.4) is 0 Å². The van der Waals surface area contributed by atoms with Gasteiger partial charge in [0.25, 0.3) is 0 Å². The van der Waals surface area contributed by atoms with Gasteiger partial charge in [-0.1, -0.05) is 17.7 Å². The molecule has 5 heteroatoms. The van der Waals surface area contributed by atoms with Crippen LogP contribution in [-0.2, 0) is 6.42 Å². The summed E-state index contributed by atoms with van der Waals surface area (Å²) in [5.41, 5.74) is 7.08. The molecular formula is C15H13ClFNO2. The van der Waals surface area contributed by atoms with Crippen molar-refractivity contribution in [3.63, 3.8) is 0 Å². The number of ether oxygens (including phenoxy) is 1. The first kappa shape index (κ1) is 14.3. The Balaban J connectivity index is 2.21. The number of rotatable bonds is 4. The van der Waals surface area contributed by atoms with Crippen LogP contribution in [0, 0.1) is 5.82 Å². The maximum Gasteiger partial charge on any atom is 0.169 e. The third-order valence-corrected chi connectivity index (χ3v) is 3.21. The van der Waals surface area contributed by atoms with Crippen LogP contribution in [0.5, 0.6) is 5.75 Å². The molecule has 0 aliphatic carbocycles. The van der Waals surface area contributed by atoms with E-state index < -0.39 is 5.82 Å². The molecule has 0 aliphatic heterocycles. The molecule has 0 heterocycles. The normalized spacial score (nSPS) is 10.3. The number of nitrogen functional groups attached to an aromatic ring is 1. The second-order valence-corrected chi connectivity index (χ2v) is 4.71. The van der Waals surface area contributed by atoms with Crippen molar-refractivity contribution in [2.24, 2.45) is 0 Å². The summed E-state index contributed by atoms with van der Waals surface area (Å²) in [6.07, 6.45) is 0.0601. The molecule has 0 spiro atoms. The standard InChI is InChI=1S/C15H13ClFNO2/c1-20-10-3-4-11(14(18)8-10)15(19)7-9-2-5-12(16)13(17)6-9/h2-6,8H,7,18H2,1H3. The van der Waals surface area contributed by atoms with Crippen LogP contribution in [0.15, 0.2) is 36.4 Å². The van der Waals surface area contributed by atoms with Crippen molar-refractivity contribution in [2.75, 3.05) is 12.8 Å². The number of ketones is 1. The Hall–Kier alpha value is -2.07. The molecule has 0 saturated heterocycles. The summed E-state index contributed by atoms with van der Waals surface area (Å²) in [4.78, 5) is 12.2. The number of hydrogen-bond acceptors (Lipinski definition) is 3. The molecule has 0 atom stereocenters. The Morgan fingerprint density at radius 2 is 2.05 bits per heavy atom. The van der Waals surface area contributed by atoms with E-state index in [1.807, 2.05) is 0 Å². The van der Waals surface area contributed by atoms with Crippen molar-refractivity contribution in [2.45, 2.75) is 6.42 Å². The lowest BCUT2D eigenvalue weighted by atomic mass is 10.0. The number of carbonyl (C=O) groups is 1.